The van der Waals surface area contributed by atoms with Crippen LogP contribution in [0.4, 0.5) is 0 Å². The molecule has 0 saturated heterocycles. The third-order valence-electron chi connectivity index (χ3n) is 6.11. The van der Waals surface area contributed by atoms with Crippen molar-refractivity contribution in [2.24, 2.45) is 0 Å². The number of nitrogens with zero attached hydrogens (tertiary/aromatic N) is 2. The molecule has 0 aliphatic carbocycles. The highest BCUT2D eigenvalue weighted by Gasteiger charge is 2.32. The van der Waals surface area contributed by atoms with E-state index in [2.05, 4.69) is 63.0 Å². The van der Waals surface area contributed by atoms with Crippen LogP contribution in [0.3, 0.4) is 0 Å². The van der Waals surface area contributed by atoms with Crippen molar-refractivity contribution >= 4 is 61.3 Å². The number of para-hydroxylation sites is 2. The SMILES string of the molecule is O=C1NCc2c1c1c3ccccc3n3c1c1c2c2ccccc2n1CSC3. The molecule has 0 spiro atoms. The number of benzene rings is 3. The van der Waals surface area contributed by atoms with Crippen molar-refractivity contribution in [1.29, 1.82) is 0 Å². The number of amides is 1. The number of hydrogen-bond donors (Lipinski definition) is 1. The van der Waals surface area contributed by atoms with Crippen LogP contribution in [0.5, 0.6) is 0 Å². The predicted octanol–water partition coefficient (Wildman–Crippen LogP) is 4.81. The van der Waals surface area contributed by atoms with Crippen molar-refractivity contribution in [2.45, 2.75) is 18.3 Å². The molecule has 130 valence electrons. The minimum atomic E-state index is 0.0588. The Morgan fingerprint density at radius 2 is 1.41 bits per heavy atom. The van der Waals surface area contributed by atoms with Gasteiger partial charge in [0.1, 0.15) is 0 Å². The molecule has 1 amide bonds. The predicted molar refractivity (Wildman–Crippen MR) is 111 cm³/mol. The van der Waals surface area contributed by atoms with E-state index < -0.39 is 0 Å². The highest BCUT2D eigenvalue weighted by atomic mass is 32.2. The van der Waals surface area contributed by atoms with Crippen molar-refractivity contribution in [3.8, 4) is 0 Å². The molecular formula is C22H15N3OS. The molecule has 4 nitrogen and oxygen atoms in total. The molecule has 0 atom stereocenters. The molecular weight excluding hydrogens is 354 g/mol. The van der Waals surface area contributed by atoms with Crippen LogP contribution >= 0.6 is 11.8 Å². The Morgan fingerprint density at radius 1 is 0.815 bits per heavy atom. The van der Waals surface area contributed by atoms with Gasteiger partial charge in [0, 0.05) is 39.1 Å². The van der Waals surface area contributed by atoms with Crippen LogP contribution in [0.15, 0.2) is 48.5 Å². The van der Waals surface area contributed by atoms with Gasteiger partial charge in [-0.15, -0.1) is 11.8 Å². The summed E-state index contributed by atoms with van der Waals surface area (Å²) in [4.78, 5) is 12.9. The number of carbonyl (C=O) groups excluding carboxylic acids is 1. The van der Waals surface area contributed by atoms with Gasteiger partial charge in [-0.2, -0.15) is 0 Å². The number of aromatic nitrogens is 2. The van der Waals surface area contributed by atoms with E-state index >= 15 is 0 Å². The van der Waals surface area contributed by atoms with Gasteiger partial charge in [0.25, 0.3) is 5.91 Å². The van der Waals surface area contributed by atoms with E-state index in [1.165, 1.54) is 38.2 Å². The lowest BCUT2D eigenvalue weighted by molar-refractivity contribution is 0.0967. The first-order chi connectivity index (χ1) is 13.3. The van der Waals surface area contributed by atoms with Gasteiger partial charge in [-0.3, -0.25) is 4.79 Å². The summed E-state index contributed by atoms with van der Waals surface area (Å²) >= 11 is 1.92. The fourth-order valence-corrected chi connectivity index (χ4v) is 6.09. The van der Waals surface area contributed by atoms with E-state index in [1.54, 1.807) is 0 Å². The molecule has 27 heavy (non-hydrogen) atoms. The molecule has 5 aromatic rings. The molecule has 7 rings (SSSR count). The smallest absolute Gasteiger partial charge is 0.252 e. The Morgan fingerprint density at radius 3 is 2.11 bits per heavy atom. The number of hydrogen-bond acceptors (Lipinski definition) is 2. The van der Waals surface area contributed by atoms with Gasteiger partial charge < -0.3 is 14.5 Å². The van der Waals surface area contributed by atoms with Gasteiger partial charge >= 0.3 is 0 Å². The van der Waals surface area contributed by atoms with Crippen LogP contribution in [-0.2, 0) is 18.3 Å². The Bertz CT molecular complexity index is 1470. The molecule has 3 aromatic carbocycles. The summed E-state index contributed by atoms with van der Waals surface area (Å²) in [6, 6.07) is 17.1. The van der Waals surface area contributed by atoms with Crippen molar-refractivity contribution in [3.63, 3.8) is 0 Å². The van der Waals surface area contributed by atoms with E-state index in [1.807, 2.05) is 11.8 Å². The minimum absolute atomic E-state index is 0.0588. The summed E-state index contributed by atoms with van der Waals surface area (Å²) in [5.41, 5.74) is 7.00. The van der Waals surface area contributed by atoms with Gasteiger partial charge in [-0.05, 0) is 17.7 Å². The maximum Gasteiger partial charge on any atom is 0.252 e. The first-order valence-electron chi connectivity index (χ1n) is 9.17. The summed E-state index contributed by atoms with van der Waals surface area (Å²) < 4.78 is 4.86. The summed E-state index contributed by atoms with van der Waals surface area (Å²) in [5, 5.41) is 7.89. The molecule has 0 saturated carbocycles. The first-order valence-corrected chi connectivity index (χ1v) is 10.3. The molecule has 5 heteroatoms. The second-order valence-corrected chi connectivity index (χ2v) is 8.26. The van der Waals surface area contributed by atoms with Crippen LogP contribution in [0, 0.1) is 0 Å². The van der Waals surface area contributed by atoms with Gasteiger partial charge in [-0.1, -0.05) is 36.4 Å². The number of nitrogens with one attached hydrogen (secondary N) is 1. The van der Waals surface area contributed by atoms with E-state index in [0.717, 1.165) is 28.3 Å². The number of thioether (sulfide) groups is 1. The van der Waals surface area contributed by atoms with E-state index in [-0.39, 0.29) is 5.91 Å². The quantitative estimate of drug-likeness (QED) is 0.426. The van der Waals surface area contributed by atoms with Crippen LogP contribution in [0.1, 0.15) is 15.9 Å². The summed E-state index contributed by atoms with van der Waals surface area (Å²) in [6.07, 6.45) is 0. The Hall–Kier alpha value is -2.92. The second-order valence-electron chi connectivity index (χ2n) is 7.34. The molecule has 2 aromatic heterocycles. The maximum absolute atomic E-state index is 12.9. The Labute approximate surface area is 158 Å². The zero-order chi connectivity index (χ0) is 17.7. The molecule has 2 aliphatic rings. The van der Waals surface area contributed by atoms with Crippen LogP contribution < -0.4 is 5.32 Å². The standard InChI is InChI=1S/C22H15N3OS/c26-22-19-14(9-23-22)17-12-5-1-3-7-15(12)24-10-27-11-25-16-8-4-2-6-13(16)18(19)21(25)20(17)24/h1-8H,9-11H2,(H,23,26). The van der Waals surface area contributed by atoms with Gasteiger partial charge in [-0.25, -0.2) is 0 Å². The normalized spacial score (nSPS) is 15.9. The second kappa shape index (κ2) is 4.67. The fraction of sp³-hybridized carbons (Fsp3) is 0.136. The zero-order valence-electron chi connectivity index (χ0n) is 14.5. The summed E-state index contributed by atoms with van der Waals surface area (Å²) in [7, 11) is 0. The van der Waals surface area contributed by atoms with Gasteiger partial charge in [0.05, 0.1) is 28.4 Å². The molecule has 0 radical (unpaired) electrons. The summed E-state index contributed by atoms with van der Waals surface area (Å²) in [5.74, 6) is 1.88. The van der Waals surface area contributed by atoms with E-state index in [9.17, 15) is 4.79 Å². The maximum atomic E-state index is 12.9. The molecule has 0 fully saturated rings. The highest BCUT2D eigenvalue weighted by molar-refractivity contribution is 7.97. The van der Waals surface area contributed by atoms with Crippen LogP contribution in [-0.4, -0.2) is 15.0 Å². The molecule has 1 N–H and O–H groups in total. The number of fused-ring (bicyclic) bond motifs is 9. The summed E-state index contributed by atoms with van der Waals surface area (Å²) in [6.45, 7) is 0.612. The number of carbonyl (C=O) groups is 1. The largest absolute Gasteiger partial charge is 0.348 e. The monoisotopic (exact) mass is 369 g/mol. The molecule has 4 heterocycles. The Balaban J connectivity index is 1.93. The average Bonchev–Trinajstić information content (AvgIpc) is 3.28. The lowest BCUT2D eigenvalue weighted by Gasteiger charge is -2.07. The lowest BCUT2D eigenvalue weighted by atomic mass is 9.97. The van der Waals surface area contributed by atoms with Crippen LogP contribution in [0.2, 0.25) is 0 Å². The molecule has 0 unspecified atom stereocenters. The van der Waals surface area contributed by atoms with Crippen molar-refractivity contribution in [1.82, 2.24) is 14.5 Å². The number of rotatable bonds is 0. The van der Waals surface area contributed by atoms with E-state index in [4.69, 9.17) is 0 Å². The highest BCUT2D eigenvalue weighted by Crippen LogP contribution is 2.46. The average molecular weight is 369 g/mol. The zero-order valence-corrected chi connectivity index (χ0v) is 15.3. The van der Waals surface area contributed by atoms with Gasteiger partial charge in [0.15, 0.2) is 0 Å². The first kappa shape index (κ1) is 14.2. The Kier molecular flexibility index (Phi) is 2.45. The van der Waals surface area contributed by atoms with Gasteiger partial charge in [0.2, 0.25) is 0 Å². The van der Waals surface area contributed by atoms with Crippen molar-refractivity contribution in [3.05, 3.63) is 59.7 Å². The van der Waals surface area contributed by atoms with Crippen molar-refractivity contribution < 1.29 is 4.79 Å². The van der Waals surface area contributed by atoms with Crippen LogP contribution in [0.25, 0.3) is 43.6 Å². The fourth-order valence-electron chi connectivity index (χ4n) is 5.11. The molecule has 0 bridgehead atoms. The topological polar surface area (TPSA) is 39.0 Å². The minimum Gasteiger partial charge on any atom is -0.348 e. The van der Waals surface area contributed by atoms with Crippen molar-refractivity contribution in [2.75, 3.05) is 0 Å². The lowest BCUT2D eigenvalue weighted by Crippen LogP contribution is -2.12. The third-order valence-corrected chi connectivity index (χ3v) is 6.99. The third kappa shape index (κ3) is 1.52. The van der Waals surface area contributed by atoms with E-state index in [0.29, 0.717) is 6.54 Å². The molecule has 2 aliphatic heterocycles.